The van der Waals surface area contributed by atoms with Crippen LogP contribution in [0.4, 0.5) is 8.78 Å². The zero-order valence-corrected chi connectivity index (χ0v) is 10.2. The predicted molar refractivity (Wildman–Crippen MR) is 57.7 cm³/mol. The predicted octanol–water partition coefficient (Wildman–Crippen LogP) is 3.35. The van der Waals surface area contributed by atoms with Gasteiger partial charge < -0.3 is 5.11 Å². The molecule has 0 aliphatic rings. The molecule has 78 valence electrons. The van der Waals surface area contributed by atoms with E-state index in [0.29, 0.717) is 5.56 Å². The van der Waals surface area contributed by atoms with E-state index in [9.17, 15) is 8.78 Å². The van der Waals surface area contributed by atoms with Gasteiger partial charge in [-0.25, -0.2) is 8.78 Å². The highest BCUT2D eigenvalue weighted by Crippen LogP contribution is 2.29. The second-order valence-electron chi connectivity index (χ2n) is 2.77. The average molecular weight is 330 g/mol. The van der Waals surface area contributed by atoms with Crippen molar-refractivity contribution < 1.29 is 13.9 Å². The van der Waals surface area contributed by atoms with Crippen LogP contribution < -0.4 is 0 Å². The summed E-state index contributed by atoms with van der Waals surface area (Å²) in [5, 5.41) is 8.72. The summed E-state index contributed by atoms with van der Waals surface area (Å²) in [6.07, 6.45) is -1.35. The summed E-state index contributed by atoms with van der Waals surface area (Å²) < 4.78 is 26.5. The molecule has 0 bridgehead atoms. The Bertz CT molecular complexity index is 320. The van der Waals surface area contributed by atoms with E-state index in [2.05, 4.69) is 31.9 Å². The van der Waals surface area contributed by atoms with Crippen molar-refractivity contribution in [2.45, 2.75) is 11.0 Å². The lowest BCUT2D eigenvalue weighted by Gasteiger charge is -2.13. The summed E-state index contributed by atoms with van der Waals surface area (Å²) in [7, 11) is 0. The van der Waals surface area contributed by atoms with Gasteiger partial charge in [-0.2, -0.15) is 0 Å². The minimum atomic E-state index is -1.35. The standard InChI is InChI=1S/C9H8Br2F2O/c10-6-3-5(1-2-8(6)12)9(13)7(11)4-14/h1-3,7,9,14H,4H2. The van der Waals surface area contributed by atoms with Crippen molar-refractivity contribution >= 4 is 31.9 Å². The van der Waals surface area contributed by atoms with Crippen LogP contribution in [-0.4, -0.2) is 16.5 Å². The van der Waals surface area contributed by atoms with Gasteiger partial charge in [0.05, 0.1) is 15.9 Å². The molecule has 1 aromatic carbocycles. The molecule has 0 radical (unpaired) electrons. The zero-order valence-electron chi connectivity index (χ0n) is 7.05. The Morgan fingerprint density at radius 1 is 1.43 bits per heavy atom. The van der Waals surface area contributed by atoms with Gasteiger partial charge in [0.15, 0.2) is 0 Å². The Balaban J connectivity index is 2.91. The van der Waals surface area contributed by atoms with Crippen molar-refractivity contribution in [3.8, 4) is 0 Å². The molecule has 0 fully saturated rings. The van der Waals surface area contributed by atoms with E-state index in [-0.39, 0.29) is 11.1 Å². The molecule has 0 aliphatic carbocycles. The minimum absolute atomic E-state index is 0.218. The van der Waals surface area contributed by atoms with Gasteiger partial charge in [-0.05, 0) is 33.6 Å². The quantitative estimate of drug-likeness (QED) is 0.843. The number of hydrogen-bond donors (Lipinski definition) is 1. The van der Waals surface area contributed by atoms with Crippen molar-refractivity contribution in [1.29, 1.82) is 0 Å². The van der Waals surface area contributed by atoms with Gasteiger partial charge in [0.1, 0.15) is 12.0 Å². The highest BCUT2D eigenvalue weighted by Gasteiger charge is 2.19. The lowest BCUT2D eigenvalue weighted by molar-refractivity contribution is 0.234. The number of hydrogen-bond acceptors (Lipinski definition) is 1. The second-order valence-corrected chi connectivity index (χ2v) is 4.80. The molecule has 1 aromatic rings. The van der Waals surface area contributed by atoms with E-state index >= 15 is 0 Å². The van der Waals surface area contributed by atoms with Crippen LogP contribution in [0.1, 0.15) is 11.7 Å². The monoisotopic (exact) mass is 328 g/mol. The van der Waals surface area contributed by atoms with Crippen LogP contribution in [0.15, 0.2) is 22.7 Å². The third-order valence-corrected chi connectivity index (χ3v) is 3.12. The molecule has 0 aliphatic heterocycles. The van der Waals surface area contributed by atoms with Gasteiger partial charge >= 0.3 is 0 Å². The SMILES string of the molecule is OCC(Br)C(F)c1ccc(F)c(Br)c1. The smallest absolute Gasteiger partial charge is 0.140 e. The molecule has 1 nitrogen and oxygen atoms in total. The Kier molecular flexibility index (Phi) is 4.47. The van der Waals surface area contributed by atoms with Gasteiger partial charge in [-0.1, -0.05) is 22.0 Å². The van der Waals surface area contributed by atoms with E-state index in [4.69, 9.17) is 5.11 Å². The molecule has 0 aromatic heterocycles. The molecule has 0 heterocycles. The third kappa shape index (κ3) is 2.74. The van der Waals surface area contributed by atoms with Gasteiger partial charge in [0.2, 0.25) is 0 Å². The third-order valence-electron chi connectivity index (χ3n) is 1.75. The molecular weight excluding hydrogens is 322 g/mol. The molecule has 2 unspecified atom stereocenters. The normalized spacial score (nSPS) is 15.2. The van der Waals surface area contributed by atoms with Crippen LogP contribution in [-0.2, 0) is 0 Å². The molecule has 1 N–H and O–H groups in total. The average Bonchev–Trinajstić information content (AvgIpc) is 2.20. The Morgan fingerprint density at radius 2 is 2.07 bits per heavy atom. The highest BCUT2D eigenvalue weighted by molar-refractivity contribution is 9.10. The Labute approximate surface area is 97.4 Å². The fourth-order valence-electron chi connectivity index (χ4n) is 0.985. The number of rotatable bonds is 3. The fourth-order valence-corrected chi connectivity index (χ4v) is 1.69. The molecule has 0 saturated carbocycles. The molecule has 2 atom stereocenters. The number of benzene rings is 1. The molecule has 1 rings (SSSR count). The van der Waals surface area contributed by atoms with E-state index < -0.39 is 16.8 Å². The molecule has 14 heavy (non-hydrogen) atoms. The first-order valence-electron chi connectivity index (χ1n) is 3.90. The van der Waals surface area contributed by atoms with Crippen LogP contribution in [0.25, 0.3) is 0 Å². The van der Waals surface area contributed by atoms with Crippen molar-refractivity contribution in [3.63, 3.8) is 0 Å². The van der Waals surface area contributed by atoms with Crippen LogP contribution in [0.2, 0.25) is 0 Å². The van der Waals surface area contributed by atoms with E-state index in [1.165, 1.54) is 18.2 Å². The summed E-state index contributed by atoms with van der Waals surface area (Å²) >= 11 is 5.95. The number of alkyl halides is 2. The van der Waals surface area contributed by atoms with Gasteiger partial charge in [-0.15, -0.1) is 0 Å². The van der Waals surface area contributed by atoms with Gasteiger partial charge in [-0.3, -0.25) is 0 Å². The second kappa shape index (κ2) is 5.19. The van der Waals surface area contributed by atoms with Gasteiger partial charge in [0.25, 0.3) is 0 Å². The molecule has 0 saturated heterocycles. The highest BCUT2D eigenvalue weighted by atomic mass is 79.9. The lowest BCUT2D eigenvalue weighted by atomic mass is 10.1. The number of aliphatic hydroxyl groups is 1. The van der Waals surface area contributed by atoms with E-state index in [1.54, 1.807) is 0 Å². The summed E-state index contributed by atoms with van der Waals surface area (Å²) in [4.78, 5) is -0.667. The number of halogens is 4. The van der Waals surface area contributed by atoms with Crippen molar-refractivity contribution in [3.05, 3.63) is 34.1 Å². The van der Waals surface area contributed by atoms with Crippen molar-refractivity contribution in [1.82, 2.24) is 0 Å². The zero-order chi connectivity index (χ0) is 10.7. The maximum Gasteiger partial charge on any atom is 0.140 e. The topological polar surface area (TPSA) is 20.2 Å². The fraction of sp³-hybridized carbons (Fsp3) is 0.333. The first-order chi connectivity index (χ1) is 6.56. The van der Waals surface area contributed by atoms with Crippen LogP contribution >= 0.6 is 31.9 Å². The Morgan fingerprint density at radius 3 is 2.57 bits per heavy atom. The summed E-state index contributed by atoms with van der Waals surface area (Å²) in [6, 6.07) is 3.90. The largest absolute Gasteiger partial charge is 0.395 e. The summed E-state index contributed by atoms with van der Waals surface area (Å²) in [5.74, 6) is -0.434. The summed E-state index contributed by atoms with van der Waals surface area (Å²) in [5.41, 5.74) is 0.328. The maximum atomic E-state index is 13.5. The van der Waals surface area contributed by atoms with Crippen LogP contribution in [0.3, 0.4) is 0 Å². The van der Waals surface area contributed by atoms with Gasteiger partial charge in [0, 0.05) is 0 Å². The van der Waals surface area contributed by atoms with Crippen molar-refractivity contribution in [2.75, 3.05) is 6.61 Å². The molecule has 0 spiro atoms. The Hall–Kier alpha value is -0.0000000000000000555. The van der Waals surface area contributed by atoms with E-state index in [0.717, 1.165) is 0 Å². The van der Waals surface area contributed by atoms with E-state index in [1.807, 2.05) is 0 Å². The summed E-state index contributed by atoms with van der Waals surface area (Å²) in [6.45, 7) is -0.309. The van der Waals surface area contributed by atoms with Crippen LogP contribution in [0, 0.1) is 5.82 Å². The first kappa shape index (κ1) is 12.1. The van der Waals surface area contributed by atoms with Crippen LogP contribution in [0.5, 0.6) is 0 Å². The first-order valence-corrected chi connectivity index (χ1v) is 5.61. The maximum absolute atomic E-state index is 13.5. The molecular formula is C9H8Br2F2O. The lowest BCUT2D eigenvalue weighted by Crippen LogP contribution is -2.12. The van der Waals surface area contributed by atoms with Crippen molar-refractivity contribution in [2.24, 2.45) is 0 Å². The molecule has 5 heteroatoms. The molecule has 0 amide bonds. The number of aliphatic hydroxyl groups excluding tert-OH is 1. The minimum Gasteiger partial charge on any atom is -0.395 e.